The summed E-state index contributed by atoms with van der Waals surface area (Å²) in [5.74, 6) is -0.320. The summed E-state index contributed by atoms with van der Waals surface area (Å²) in [6, 6.07) is 16.1. The fourth-order valence-corrected chi connectivity index (χ4v) is 4.19. The molecule has 0 bridgehead atoms. The van der Waals surface area contributed by atoms with Crippen molar-refractivity contribution in [3.8, 4) is 11.5 Å². The van der Waals surface area contributed by atoms with Crippen LogP contribution in [-0.2, 0) is 6.54 Å². The van der Waals surface area contributed by atoms with Gasteiger partial charge >= 0.3 is 6.03 Å². The molecule has 32 heavy (non-hydrogen) atoms. The van der Waals surface area contributed by atoms with E-state index in [1.807, 2.05) is 18.2 Å². The van der Waals surface area contributed by atoms with Gasteiger partial charge in [0.05, 0.1) is 30.8 Å². The van der Waals surface area contributed by atoms with E-state index in [1.165, 1.54) is 6.07 Å². The predicted octanol–water partition coefficient (Wildman–Crippen LogP) is 3.42. The van der Waals surface area contributed by atoms with Gasteiger partial charge in [0.25, 0.3) is 11.8 Å². The number of para-hydroxylation sites is 1. The number of benzene rings is 3. The number of urea groups is 1. The number of nitrogens with one attached hydrogen (secondary N) is 2. The highest BCUT2D eigenvalue weighted by Gasteiger charge is 2.36. The highest BCUT2D eigenvalue weighted by Crippen LogP contribution is 2.39. The molecule has 0 aromatic heterocycles. The molecule has 0 fully saturated rings. The number of carbonyl (C=O) groups is 3. The van der Waals surface area contributed by atoms with E-state index >= 15 is 0 Å². The van der Waals surface area contributed by atoms with E-state index in [4.69, 9.17) is 4.74 Å². The first-order chi connectivity index (χ1) is 15.5. The Morgan fingerprint density at radius 2 is 1.59 bits per heavy atom. The Balaban J connectivity index is 1.52. The number of nitrogens with zero attached hydrogens (tertiary/aromatic N) is 1. The van der Waals surface area contributed by atoms with Crippen LogP contribution in [0.5, 0.6) is 11.5 Å². The molecule has 5 rings (SSSR count). The lowest BCUT2D eigenvalue weighted by Gasteiger charge is -2.29. The molecule has 0 saturated carbocycles. The van der Waals surface area contributed by atoms with Gasteiger partial charge in [0, 0.05) is 22.4 Å². The maximum absolute atomic E-state index is 12.7. The van der Waals surface area contributed by atoms with Gasteiger partial charge in [-0.1, -0.05) is 30.3 Å². The number of methoxy groups -OCH3 is 1. The van der Waals surface area contributed by atoms with E-state index in [1.54, 1.807) is 43.5 Å². The molecule has 2 aliphatic rings. The Morgan fingerprint density at radius 3 is 2.28 bits per heavy atom. The van der Waals surface area contributed by atoms with Gasteiger partial charge in [0.1, 0.15) is 11.5 Å². The van der Waals surface area contributed by atoms with E-state index in [2.05, 4.69) is 10.6 Å². The Bertz CT molecular complexity index is 1250. The summed E-state index contributed by atoms with van der Waals surface area (Å²) in [6.45, 7) is -0.117. The van der Waals surface area contributed by atoms with Crippen molar-refractivity contribution < 1.29 is 24.2 Å². The zero-order chi connectivity index (χ0) is 22.4. The number of rotatable bonds is 4. The average Bonchev–Trinajstić information content (AvgIpc) is 3.04. The van der Waals surface area contributed by atoms with Gasteiger partial charge in [-0.15, -0.1) is 0 Å². The van der Waals surface area contributed by atoms with Gasteiger partial charge in [-0.05, 0) is 30.3 Å². The van der Waals surface area contributed by atoms with Crippen molar-refractivity contribution in [2.75, 3.05) is 12.4 Å². The first-order valence-corrected chi connectivity index (χ1v) is 9.99. The van der Waals surface area contributed by atoms with Crippen LogP contribution in [0.2, 0.25) is 0 Å². The Hall–Kier alpha value is -4.33. The summed E-state index contributed by atoms with van der Waals surface area (Å²) >= 11 is 0. The molecular formula is C24H19N3O5. The molecule has 8 nitrogen and oxygen atoms in total. The Morgan fingerprint density at radius 1 is 0.938 bits per heavy atom. The van der Waals surface area contributed by atoms with Gasteiger partial charge in [-0.25, -0.2) is 4.79 Å². The molecular weight excluding hydrogens is 410 g/mol. The summed E-state index contributed by atoms with van der Waals surface area (Å²) in [5.41, 5.74) is 2.87. The van der Waals surface area contributed by atoms with E-state index in [0.717, 1.165) is 10.5 Å². The van der Waals surface area contributed by atoms with Gasteiger partial charge in [0.2, 0.25) is 0 Å². The Labute approximate surface area is 183 Å². The first kappa shape index (κ1) is 19.6. The van der Waals surface area contributed by atoms with Gasteiger partial charge in [-0.2, -0.15) is 0 Å². The molecule has 0 aliphatic carbocycles. The first-order valence-electron chi connectivity index (χ1n) is 9.99. The van der Waals surface area contributed by atoms with Crippen LogP contribution >= 0.6 is 0 Å². The van der Waals surface area contributed by atoms with Crippen molar-refractivity contribution in [3.63, 3.8) is 0 Å². The third-order valence-electron chi connectivity index (χ3n) is 5.74. The number of fused-ring (bicyclic) bond motifs is 2. The number of anilines is 1. The molecule has 1 unspecified atom stereocenters. The number of aromatic hydroxyl groups is 1. The van der Waals surface area contributed by atoms with E-state index in [9.17, 15) is 19.5 Å². The van der Waals surface area contributed by atoms with Crippen molar-refractivity contribution in [1.29, 1.82) is 0 Å². The van der Waals surface area contributed by atoms with Crippen molar-refractivity contribution >= 4 is 23.5 Å². The number of phenolic OH excluding ortho intramolecular Hbond substituents is 1. The number of hydrogen-bond acceptors (Lipinski definition) is 5. The van der Waals surface area contributed by atoms with Gasteiger partial charge < -0.3 is 20.5 Å². The van der Waals surface area contributed by atoms with E-state index in [-0.39, 0.29) is 12.3 Å². The number of ether oxygens (including phenoxy) is 1. The molecule has 3 N–H and O–H groups in total. The maximum Gasteiger partial charge on any atom is 0.320 e. The molecule has 3 aromatic rings. The molecule has 0 spiro atoms. The minimum atomic E-state index is -0.547. The highest BCUT2D eigenvalue weighted by molar-refractivity contribution is 6.21. The van der Waals surface area contributed by atoms with Crippen LogP contribution in [0.3, 0.4) is 0 Å². The van der Waals surface area contributed by atoms with Crippen molar-refractivity contribution in [2.24, 2.45) is 0 Å². The fourth-order valence-electron chi connectivity index (χ4n) is 4.19. The molecule has 2 aliphatic heterocycles. The van der Waals surface area contributed by atoms with Crippen LogP contribution < -0.4 is 15.4 Å². The standard InChI is InChI=1S/C24H19N3O5/c1-32-20-9-5-4-8-16(20)21-17-11-19(28)13(10-18(17)25-24(31)26-21)12-27-22(29)14-6-2-3-7-15(14)23(27)30/h2-11,21,28H,12H2,1H3,(H2,25,26,31). The van der Waals surface area contributed by atoms with Crippen LogP contribution in [0.15, 0.2) is 60.7 Å². The molecule has 0 radical (unpaired) electrons. The number of imide groups is 1. The lowest BCUT2D eigenvalue weighted by molar-refractivity contribution is 0.0641. The van der Waals surface area contributed by atoms with Crippen LogP contribution in [-0.4, -0.2) is 35.0 Å². The lowest BCUT2D eigenvalue weighted by atomic mass is 9.93. The molecule has 160 valence electrons. The van der Waals surface area contributed by atoms with Crippen molar-refractivity contribution in [2.45, 2.75) is 12.6 Å². The van der Waals surface area contributed by atoms with Crippen LogP contribution in [0, 0.1) is 0 Å². The third-order valence-corrected chi connectivity index (χ3v) is 5.74. The summed E-state index contributed by atoms with van der Waals surface area (Å²) in [5, 5.41) is 16.3. The van der Waals surface area contributed by atoms with Crippen LogP contribution in [0.1, 0.15) is 43.4 Å². The summed E-state index contributed by atoms with van der Waals surface area (Å²) in [4.78, 5) is 38.9. The molecule has 1 atom stereocenters. The van der Waals surface area contributed by atoms with Crippen molar-refractivity contribution in [1.82, 2.24) is 10.2 Å². The monoisotopic (exact) mass is 429 g/mol. The average molecular weight is 429 g/mol. The number of carbonyl (C=O) groups excluding carboxylic acids is 3. The van der Waals surface area contributed by atoms with E-state index in [0.29, 0.717) is 33.7 Å². The second-order valence-corrected chi connectivity index (χ2v) is 7.58. The largest absolute Gasteiger partial charge is 0.508 e. The third kappa shape index (κ3) is 3.04. The second kappa shape index (κ2) is 7.42. The van der Waals surface area contributed by atoms with Gasteiger partial charge in [0.15, 0.2) is 0 Å². The topological polar surface area (TPSA) is 108 Å². The quantitative estimate of drug-likeness (QED) is 0.435. The number of hydrogen-bond donors (Lipinski definition) is 3. The highest BCUT2D eigenvalue weighted by atomic mass is 16.5. The SMILES string of the molecule is COc1ccccc1C1NC(=O)Nc2cc(CN3C(=O)c4ccccc4C3=O)c(O)cc21. The molecule has 8 heteroatoms. The van der Waals surface area contributed by atoms with Crippen LogP contribution in [0.4, 0.5) is 10.5 Å². The fraction of sp³-hybridized carbons (Fsp3) is 0.125. The summed E-state index contributed by atoms with van der Waals surface area (Å²) in [6.07, 6.45) is 0. The lowest BCUT2D eigenvalue weighted by Crippen LogP contribution is -2.38. The number of phenols is 1. The van der Waals surface area contributed by atoms with Gasteiger partial charge in [-0.3, -0.25) is 14.5 Å². The molecule has 4 amide bonds. The minimum Gasteiger partial charge on any atom is -0.508 e. The summed E-state index contributed by atoms with van der Waals surface area (Å²) < 4.78 is 5.43. The maximum atomic E-state index is 12.7. The smallest absolute Gasteiger partial charge is 0.320 e. The zero-order valence-electron chi connectivity index (χ0n) is 17.1. The normalized spacial score (nSPS) is 16.8. The van der Waals surface area contributed by atoms with Crippen molar-refractivity contribution in [3.05, 3.63) is 88.5 Å². The zero-order valence-corrected chi connectivity index (χ0v) is 17.1. The molecule has 3 aromatic carbocycles. The number of amides is 4. The summed E-state index contributed by atoms with van der Waals surface area (Å²) in [7, 11) is 1.55. The molecule has 2 heterocycles. The molecule has 0 saturated heterocycles. The second-order valence-electron chi connectivity index (χ2n) is 7.58. The van der Waals surface area contributed by atoms with E-state index < -0.39 is 23.9 Å². The minimum absolute atomic E-state index is 0.0850. The predicted molar refractivity (Wildman–Crippen MR) is 116 cm³/mol. The van der Waals surface area contributed by atoms with Crippen LogP contribution in [0.25, 0.3) is 0 Å². The Kier molecular flexibility index (Phi) is 4.55.